The van der Waals surface area contributed by atoms with Crippen molar-refractivity contribution in [1.29, 1.82) is 0 Å². The number of hydrogen-bond acceptors (Lipinski definition) is 4. The molecule has 1 atom stereocenters. The maximum Gasteiger partial charge on any atom is 0.254 e. The molecule has 1 heterocycles. The molecule has 1 fully saturated rings. The van der Waals surface area contributed by atoms with Crippen LogP contribution in [0.1, 0.15) is 28.8 Å². The number of piperidine rings is 1. The molecule has 0 aromatic heterocycles. The minimum atomic E-state index is -3.64. The second-order valence-electron chi connectivity index (χ2n) is 5.05. The van der Waals surface area contributed by atoms with Gasteiger partial charge < -0.3 is 10.0 Å². The monoisotopic (exact) mass is 298 g/mol. The summed E-state index contributed by atoms with van der Waals surface area (Å²) in [6.07, 6.45) is 1.08. The van der Waals surface area contributed by atoms with Gasteiger partial charge in [0.2, 0.25) is 10.0 Å². The second-order valence-corrected chi connectivity index (χ2v) is 6.90. The van der Waals surface area contributed by atoms with Crippen LogP contribution < -0.4 is 5.14 Å². The number of benzene rings is 1. The Morgan fingerprint density at radius 3 is 2.80 bits per heavy atom. The summed E-state index contributed by atoms with van der Waals surface area (Å²) >= 11 is 0. The van der Waals surface area contributed by atoms with Gasteiger partial charge in [0.1, 0.15) is 5.75 Å². The molecule has 1 aromatic rings. The van der Waals surface area contributed by atoms with Crippen molar-refractivity contribution < 1.29 is 18.3 Å². The zero-order valence-corrected chi connectivity index (χ0v) is 12.1. The Bertz CT molecular complexity index is 627. The second kappa shape index (κ2) is 5.41. The van der Waals surface area contributed by atoms with E-state index in [0.29, 0.717) is 30.5 Å². The number of likely N-dealkylation sites (tertiary alicyclic amines) is 1. The number of carbonyl (C=O) groups excluding carboxylic acids is 1. The first-order chi connectivity index (χ1) is 9.30. The van der Waals surface area contributed by atoms with Crippen molar-refractivity contribution in [3.63, 3.8) is 0 Å². The Balaban J connectivity index is 2.23. The van der Waals surface area contributed by atoms with Gasteiger partial charge in [0, 0.05) is 24.2 Å². The van der Waals surface area contributed by atoms with Crippen LogP contribution in [0.4, 0.5) is 0 Å². The molecule has 2 rings (SSSR count). The molecule has 20 heavy (non-hydrogen) atoms. The van der Waals surface area contributed by atoms with Gasteiger partial charge >= 0.3 is 0 Å². The molecule has 6 nitrogen and oxygen atoms in total. The number of phenolic OH excluding ortho intramolecular Hbond substituents is 1. The van der Waals surface area contributed by atoms with Crippen molar-refractivity contribution in [1.82, 2.24) is 4.90 Å². The minimum absolute atomic E-state index is 0.0517. The summed E-state index contributed by atoms with van der Waals surface area (Å²) in [6, 6.07) is 4.73. The van der Waals surface area contributed by atoms with Gasteiger partial charge in [-0.25, -0.2) is 13.6 Å². The van der Waals surface area contributed by atoms with Gasteiger partial charge in [-0.05, 0) is 31.9 Å². The number of sulfonamides is 1. The number of nitrogens with zero attached hydrogens (tertiary/aromatic N) is 1. The predicted octanol–water partition coefficient (Wildman–Crippen LogP) is 0.594. The molecule has 1 aromatic carbocycles. The summed E-state index contributed by atoms with van der Waals surface area (Å²) in [4.78, 5) is 13.9. The van der Waals surface area contributed by atoms with Gasteiger partial charge in [-0.1, -0.05) is 6.07 Å². The van der Waals surface area contributed by atoms with Crippen LogP contribution in [-0.2, 0) is 10.0 Å². The molecule has 1 saturated heterocycles. The molecule has 0 spiro atoms. The van der Waals surface area contributed by atoms with Gasteiger partial charge in [0.05, 0.1) is 5.25 Å². The minimum Gasteiger partial charge on any atom is -0.508 e. The van der Waals surface area contributed by atoms with Gasteiger partial charge in [-0.15, -0.1) is 0 Å². The number of primary sulfonamides is 1. The van der Waals surface area contributed by atoms with Crippen LogP contribution >= 0.6 is 0 Å². The number of nitrogens with two attached hydrogens (primary N) is 1. The van der Waals surface area contributed by atoms with Crippen molar-refractivity contribution in [2.45, 2.75) is 25.0 Å². The molecule has 1 amide bonds. The molecule has 1 aliphatic rings. The summed E-state index contributed by atoms with van der Waals surface area (Å²) in [5, 5.41) is 14.1. The van der Waals surface area contributed by atoms with Crippen molar-refractivity contribution in [3.8, 4) is 5.75 Å². The SMILES string of the molecule is Cc1c(O)cccc1C(=O)N1CCCC(S(N)(=O)=O)C1. The van der Waals surface area contributed by atoms with E-state index in [-0.39, 0.29) is 18.2 Å². The van der Waals surface area contributed by atoms with E-state index in [1.807, 2.05) is 0 Å². The van der Waals surface area contributed by atoms with Crippen LogP contribution in [0.2, 0.25) is 0 Å². The fraction of sp³-hybridized carbons (Fsp3) is 0.462. The molecule has 0 aliphatic carbocycles. The van der Waals surface area contributed by atoms with Crippen LogP contribution in [0, 0.1) is 6.92 Å². The lowest BCUT2D eigenvalue weighted by Crippen LogP contribution is -2.47. The Morgan fingerprint density at radius 2 is 2.15 bits per heavy atom. The molecule has 1 aliphatic heterocycles. The molecular formula is C13H18N2O4S. The Morgan fingerprint density at radius 1 is 1.45 bits per heavy atom. The van der Waals surface area contributed by atoms with E-state index >= 15 is 0 Å². The lowest BCUT2D eigenvalue weighted by molar-refractivity contribution is 0.0725. The maximum atomic E-state index is 12.4. The highest BCUT2D eigenvalue weighted by Gasteiger charge is 2.31. The van der Waals surface area contributed by atoms with Gasteiger partial charge in [-0.2, -0.15) is 0 Å². The van der Waals surface area contributed by atoms with Crippen LogP contribution in [0.5, 0.6) is 5.75 Å². The van der Waals surface area contributed by atoms with E-state index in [1.165, 1.54) is 11.0 Å². The average Bonchev–Trinajstić information content (AvgIpc) is 2.40. The number of amides is 1. The van der Waals surface area contributed by atoms with Gasteiger partial charge in [0.15, 0.2) is 0 Å². The van der Waals surface area contributed by atoms with E-state index < -0.39 is 15.3 Å². The predicted molar refractivity (Wildman–Crippen MR) is 74.9 cm³/mol. The van der Waals surface area contributed by atoms with E-state index in [0.717, 1.165) is 0 Å². The zero-order valence-electron chi connectivity index (χ0n) is 11.2. The fourth-order valence-electron chi connectivity index (χ4n) is 2.42. The number of aromatic hydroxyl groups is 1. The summed E-state index contributed by atoms with van der Waals surface area (Å²) in [7, 11) is -3.64. The smallest absolute Gasteiger partial charge is 0.254 e. The third-order valence-corrected chi connectivity index (χ3v) is 4.98. The van der Waals surface area contributed by atoms with Crippen LogP contribution in [0.25, 0.3) is 0 Å². The first-order valence-corrected chi connectivity index (χ1v) is 8.01. The van der Waals surface area contributed by atoms with E-state index in [1.54, 1.807) is 19.1 Å². The maximum absolute atomic E-state index is 12.4. The van der Waals surface area contributed by atoms with Crippen molar-refractivity contribution in [3.05, 3.63) is 29.3 Å². The summed E-state index contributed by atoms with van der Waals surface area (Å²) < 4.78 is 22.8. The molecule has 7 heteroatoms. The molecule has 0 radical (unpaired) electrons. The summed E-state index contributed by atoms with van der Waals surface area (Å²) in [6.45, 7) is 2.26. The van der Waals surface area contributed by atoms with E-state index in [2.05, 4.69) is 0 Å². The molecule has 0 bridgehead atoms. The third-order valence-electron chi connectivity index (χ3n) is 3.67. The molecule has 110 valence electrons. The largest absolute Gasteiger partial charge is 0.508 e. The molecule has 1 unspecified atom stereocenters. The van der Waals surface area contributed by atoms with E-state index in [4.69, 9.17) is 5.14 Å². The number of carbonyl (C=O) groups is 1. The topological polar surface area (TPSA) is 101 Å². The average molecular weight is 298 g/mol. The van der Waals surface area contributed by atoms with Crippen LogP contribution in [-0.4, -0.2) is 42.7 Å². The Kier molecular flexibility index (Phi) is 4.01. The highest BCUT2D eigenvalue weighted by atomic mass is 32.2. The number of phenols is 1. The zero-order chi connectivity index (χ0) is 14.9. The standard InChI is InChI=1S/C13H18N2O4S/c1-9-11(5-2-6-12(9)16)13(17)15-7-3-4-10(8-15)20(14,18)19/h2,5-6,10,16H,3-4,7-8H2,1H3,(H2,14,18,19). The normalized spacial score (nSPS) is 19.9. The number of rotatable bonds is 2. The first-order valence-electron chi connectivity index (χ1n) is 6.40. The van der Waals surface area contributed by atoms with Gasteiger partial charge in [0.25, 0.3) is 5.91 Å². The lowest BCUT2D eigenvalue weighted by Gasteiger charge is -2.32. The molecule has 3 N–H and O–H groups in total. The highest BCUT2D eigenvalue weighted by molar-refractivity contribution is 7.89. The van der Waals surface area contributed by atoms with Crippen molar-refractivity contribution in [2.75, 3.05) is 13.1 Å². The highest BCUT2D eigenvalue weighted by Crippen LogP contribution is 2.23. The van der Waals surface area contributed by atoms with Crippen molar-refractivity contribution >= 4 is 15.9 Å². The molecule has 0 saturated carbocycles. The lowest BCUT2D eigenvalue weighted by atomic mass is 10.0. The Hall–Kier alpha value is -1.60. The van der Waals surface area contributed by atoms with Crippen LogP contribution in [0.3, 0.4) is 0 Å². The van der Waals surface area contributed by atoms with E-state index in [9.17, 15) is 18.3 Å². The summed E-state index contributed by atoms with van der Waals surface area (Å²) in [5.41, 5.74) is 0.885. The molecular weight excluding hydrogens is 280 g/mol. The summed E-state index contributed by atoms with van der Waals surface area (Å²) in [5.74, 6) is -0.220. The van der Waals surface area contributed by atoms with Gasteiger partial charge in [-0.3, -0.25) is 4.79 Å². The third kappa shape index (κ3) is 2.94. The quantitative estimate of drug-likeness (QED) is 0.834. The van der Waals surface area contributed by atoms with Crippen molar-refractivity contribution in [2.24, 2.45) is 5.14 Å². The number of hydrogen-bond donors (Lipinski definition) is 2. The Labute approximate surface area is 118 Å². The van der Waals surface area contributed by atoms with Crippen LogP contribution in [0.15, 0.2) is 18.2 Å². The first kappa shape index (κ1) is 14.8. The fourth-order valence-corrected chi connectivity index (χ4v) is 3.30.